The molecule has 2 heterocycles. The van der Waals surface area contributed by atoms with E-state index >= 15 is 0 Å². The lowest BCUT2D eigenvalue weighted by Gasteiger charge is -2.05. The quantitative estimate of drug-likeness (QED) is 0.493. The molecular weight excluding hydrogens is 328 g/mol. The number of aromatic nitrogens is 5. The molecule has 118 valence electrons. The second kappa shape index (κ2) is 5.02. The maximum Gasteiger partial charge on any atom is 0.332 e. The predicted molar refractivity (Wildman–Crippen MR) is 81.0 cm³/mol. The van der Waals surface area contributed by atoms with Crippen LogP contribution in [0.5, 0.6) is 0 Å². The Balaban J connectivity index is 2.47. The molecule has 0 radical (unpaired) electrons. The van der Waals surface area contributed by atoms with Gasteiger partial charge < -0.3 is 0 Å². The van der Waals surface area contributed by atoms with Crippen molar-refractivity contribution in [2.24, 2.45) is 14.1 Å². The van der Waals surface area contributed by atoms with Crippen LogP contribution >= 0.6 is 11.6 Å². The Kier molecular flexibility index (Phi) is 3.25. The van der Waals surface area contributed by atoms with E-state index < -0.39 is 16.2 Å². The summed E-state index contributed by atoms with van der Waals surface area (Å²) in [5, 5.41) is 19.0. The van der Waals surface area contributed by atoms with E-state index in [4.69, 9.17) is 11.6 Å². The standard InChI is InChI=1S/C12H9ClN6O4/c1-16-10-9(11(20)17(2)12(16)21)18(15-14-10)7-4-3-6(13)5-8(7)19(22)23/h3-5H,1-2H3. The van der Waals surface area contributed by atoms with Crippen LogP contribution in [0.25, 0.3) is 16.9 Å². The van der Waals surface area contributed by atoms with Gasteiger partial charge in [-0.3, -0.25) is 24.0 Å². The van der Waals surface area contributed by atoms with E-state index in [9.17, 15) is 19.7 Å². The number of halogens is 1. The number of rotatable bonds is 2. The number of benzene rings is 1. The predicted octanol–water partition coefficient (Wildman–Crippen LogP) is 0.379. The maximum absolute atomic E-state index is 12.4. The molecule has 0 N–H and O–H groups in total. The van der Waals surface area contributed by atoms with Crippen molar-refractivity contribution < 1.29 is 4.92 Å². The average molecular weight is 337 g/mol. The first-order valence-corrected chi connectivity index (χ1v) is 6.66. The summed E-state index contributed by atoms with van der Waals surface area (Å²) in [7, 11) is 2.73. The maximum atomic E-state index is 12.4. The first-order chi connectivity index (χ1) is 10.8. The monoisotopic (exact) mass is 336 g/mol. The highest BCUT2D eigenvalue weighted by Gasteiger charge is 2.22. The van der Waals surface area contributed by atoms with Crippen LogP contribution in [0.4, 0.5) is 5.69 Å². The van der Waals surface area contributed by atoms with Crippen LogP contribution in [0.15, 0.2) is 27.8 Å². The fourth-order valence-electron chi connectivity index (χ4n) is 2.24. The highest BCUT2D eigenvalue weighted by Crippen LogP contribution is 2.27. The Morgan fingerprint density at radius 3 is 2.57 bits per heavy atom. The summed E-state index contributed by atoms with van der Waals surface area (Å²) < 4.78 is 3.05. The van der Waals surface area contributed by atoms with Crippen molar-refractivity contribution in [2.45, 2.75) is 0 Å². The van der Waals surface area contributed by atoms with Gasteiger partial charge in [-0.1, -0.05) is 16.8 Å². The van der Waals surface area contributed by atoms with Gasteiger partial charge >= 0.3 is 5.69 Å². The van der Waals surface area contributed by atoms with E-state index in [1.165, 1.54) is 26.2 Å². The third-order valence-corrected chi connectivity index (χ3v) is 3.65. The van der Waals surface area contributed by atoms with E-state index in [0.29, 0.717) is 0 Å². The zero-order valence-corrected chi connectivity index (χ0v) is 12.7. The summed E-state index contributed by atoms with van der Waals surface area (Å²) in [5.74, 6) is 0. The molecule has 10 nitrogen and oxygen atoms in total. The number of hydrogen-bond donors (Lipinski definition) is 0. The molecule has 0 bridgehead atoms. The Morgan fingerprint density at radius 2 is 1.91 bits per heavy atom. The van der Waals surface area contributed by atoms with Crippen molar-refractivity contribution in [1.82, 2.24) is 24.1 Å². The molecular formula is C12H9ClN6O4. The van der Waals surface area contributed by atoms with Gasteiger partial charge in [0.1, 0.15) is 5.69 Å². The molecule has 0 atom stereocenters. The number of nitro groups is 1. The van der Waals surface area contributed by atoms with Gasteiger partial charge in [-0.15, -0.1) is 5.10 Å². The fraction of sp³-hybridized carbons (Fsp3) is 0.167. The summed E-state index contributed by atoms with van der Waals surface area (Å²) in [6.07, 6.45) is 0. The molecule has 11 heteroatoms. The van der Waals surface area contributed by atoms with Crippen LogP contribution in [0.3, 0.4) is 0 Å². The van der Waals surface area contributed by atoms with Crippen molar-refractivity contribution in [3.63, 3.8) is 0 Å². The zero-order valence-electron chi connectivity index (χ0n) is 11.9. The smallest absolute Gasteiger partial charge is 0.278 e. The van der Waals surface area contributed by atoms with Gasteiger partial charge in [-0.25, -0.2) is 4.79 Å². The van der Waals surface area contributed by atoms with Crippen molar-refractivity contribution in [3.8, 4) is 5.69 Å². The first-order valence-electron chi connectivity index (χ1n) is 6.28. The number of nitrogens with zero attached hydrogens (tertiary/aromatic N) is 6. The normalized spacial score (nSPS) is 11.1. The molecule has 3 rings (SSSR count). The Morgan fingerprint density at radius 1 is 1.22 bits per heavy atom. The number of fused-ring (bicyclic) bond motifs is 1. The largest absolute Gasteiger partial charge is 0.332 e. The molecule has 0 unspecified atom stereocenters. The van der Waals surface area contributed by atoms with Gasteiger partial charge in [0, 0.05) is 25.2 Å². The van der Waals surface area contributed by atoms with E-state index in [0.717, 1.165) is 19.9 Å². The van der Waals surface area contributed by atoms with Gasteiger partial charge in [0.2, 0.25) is 0 Å². The topological polar surface area (TPSA) is 118 Å². The van der Waals surface area contributed by atoms with Gasteiger partial charge in [-0.2, -0.15) is 4.68 Å². The second-order valence-corrected chi connectivity index (χ2v) is 5.21. The van der Waals surface area contributed by atoms with Crippen molar-refractivity contribution >= 4 is 28.5 Å². The minimum atomic E-state index is -0.655. The minimum Gasteiger partial charge on any atom is -0.278 e. The summed E-state index contributed by atoms with van der Waals surface area (Å²) >= 11 is 5.78. The fourth-order valence-corrected chi connectivity index (χ4v) is 2.40. The molecule has 0 saturated carbocycles. The van der Waals surface area contributed by atoms with Gasteiger partial charge in [0.25, 0.3) is 11.2 Å². The number of hydrogen-bond acceptors (Lipinski definition) is 6. The third-order valence-electron chi connectivity index (χ3n) is 3.41. The second-order valence-electron chi connectivity index (χ2n) is 4.77. The van der Waals surface area contributed by atoms with Crippen LogP contribution in [0.1, 0.15) is 0 Å². The zero-order chi connectivity index (χ0) is 16.9. The lowest BCUT2D eigenvalue weighted by molar-refractivity contribution is -0.384. The van der Waals surface area contributed by atoms with E-state index in [1.807, 2.05) is 0 Å². The van der Waals surface area contributed by atoms with Crippen molar-refractivity contribution in [3.05, 3.63) is 54.2 Å². The van der Waals surface area contributed by atoms with Crippen LogP contribution in [0.2, 0.25) is 5.02 Å². The molecule has 3 aromatic rings. The van der Waals surface area contributed by atoms with Gasteiger partial charge in [-0.05, 0) is 12.1 Å². The molecule has 23 heavy (non-hydrogen) atoms. The third kappa shape index (κ3) is 2.11. The summed E-state index contributed by atoms with van der Waals surface area (Å²) in [6, 6.07) is 3.94. The molecule has 0 fully saturated rings. The van der Waals surface area contributed by atoms with Gasteiger partial charge in [0.05, 0.1) is 4.92 Å². The highest BCUT2D eigenvalue weighted by atomic mass is 35.5. The number of nitro benzene ring substituents is 1. The summed E-state index contributed by atoms with van der Waals surface area (Å²) in [6.45, 7) is 0. The van der Waals surface area contributed by atoms with Crippen LogP contribution < -0.4 is 11.2 Å². The van der Waals surface area contributed by atoms with Crippen LogP contribution in [-0.4, -0.2) is 29.1 Å². The number of aryl methyl sites for hydroxylation is 1. The molecule has 0 saturated heterocycles. The molecule has 0 aliphatic rings. The lowest BCUT2D eigenvalue weighted by atomic mass is 10.2. The first kappa shape index (κ1) is 14.9. The van der Waals surface area contributed by atoms with E-state index in [2.05, 4.69) is 10.3 Å². The van der Waals surface area contributed by atoms with Crippen LogP contribution in [-0.2, 0) is 14.1 Å². The highest BCUT2D eigenvalue weighted by molar-refractivity contribution is 6.30. The average Bonchev–Trinajstić information content (AvgIpc) is 2.95. The SMILES string of the molecule is Cn1c(=O)c2c(nnn2-c2ccc(Cl)cc2[N+](=O)[O-])n(C)c1=O. The minimum absolute atomic E-state index is 0.0256. The summed E-state index contributed by atoms with van der Waals surface area (Å²) in [5.41, 5.74) is -1.54. The lowest BCUT2D eigenvalue weighted by Crippen LogP contribution is -2.37. The Labute approximate surface area is 132 Å². The van der Waals surface area contributed by atoms with Crippen molar-refractivity contribution in [2.75, 3.05) is 0 Å². The Hall–Kier alpha value is -3.01. The molecule has 1 aromatic carbocycles. The molecule has 0 amide bonds. The van der Waals surface area contributed by atoms with Crippen LogP contribution in [0, 0.1) is 10.1 Å². The molecule has 2 aromatic heterocycles. The summed E-state index contributed by atoms with van der Waals surface area (Å²) in [4.78, 5) is 34.8. The van der Waals surface area contributed by atoms with Crippen molar-refractivity contribution in [1.29, 1.82) is 0 Å². The molecule has 0 aliphatic heterocycles. The van der Waals surface area contributed by atoms with E-state index in [1.54, 1.807) is 0 Å². The molecule has 0 spiro atoms. The molecule has 0 aliphatic carbocycles. The van der Waals surface area contributed by atoms with E-state index in [-0.39, 0.29) is 27.6 Å². The van der Waals surface area contributed by atoms with Gasteiger partial charge in [0.15, 0.2) is 11.2 Å². The Bertz CT molecular complexity index is 1080.